The van der Waals surface area contributed by atoms with Crippen LogP contribution in [-0.4, -0.2) is 34.7 Å². The summed E-state index contributed by atoms with van der Waals surface area (Å²) < 4.78 is 4.97. The number of carbonyl (C=O) groups excluding carboxylic acids is 3. The summed E-state index contributed by atoms with van der Waals surface area (Å²) in [5, 5.41) is 2.73. The molecule has 2 heterocycles. The molecular weight excluding hydrogens is 248 g/mol. The second-order valence-corrected chi connectivity index (χ2v) is 5.01. The number of furan rings is 1. The molecule has 0 atom stereocenters. The van der Waals surface area contributed by atoms with Crippen molar-refractivity contribution in [3.8, 4) is 0 Å². The van der Waals surface area contributed by atoms with Gasteiger partial charge in [-0.05, 0) is 25.0 Å². The predicted octanol–water partition coefficient (Wildman–Crippen LogP) is 1.33. The molecule has 3 rings (SSSR count). The second-order valence-electron chi connectivity index (χ2n) is 5.01. The van der Waals surface area contributed by atoms with Crippen LogP contribution in [0.15, 0.2) is 22.8 Å². The minimum absolute atomic E-state index is 0.160. The number of nitrogens with one attached hydrogen (secondary N) is 1. The Morgan fingerprint density at radius 3 is 2.74 bits per heavy atom. The average Bonchev–Trinajstić information content (AvgIpc) is 3.08. The van der Waals surface area contributed by atoms with Crippen LogP contribution < -0.4 is 5.32 Å². The lowest BCUT2D eigenvalue weighted by atomic mass is 9.98. The van der Waals surface area contributed by atoms with Crippen LogP contribution >= 0.6 is 0 Å². The summed E-state index contributed by atoms with van der Waals surface area (Å²) in [4.78, 5) is 37.1. The van der Waals surface area contributed by atoms with Gasteiger partial charge >= 0.3 is 6.03 Å². The Balaban J connectivity index is 1.76. The van der Waals surface area contributed by atoms with Gasteiger partial charge in [-0.2, -0.15) is 0 Å². The van der Waals surface area contributed by atoms with Crippen LogP contribution in [0.4, 0.5) is 4.79 Å². The van der Waals surface area contributed by atoms with Gasteiger partial charge in [0.05, 0.1) is 12.8 Å². The third-order valence-electron chi connectivity index (χ3n) is 3.80. The van der Waals surface area contributed by atoms with Gasteiger partial charge in [-0.1, -0.05) is 12.8 Å². The number of urea groups is 1. The molecule has 0 unspecified atom stereocenters. The van der Waals surface area contributed by atoms with Crippen molar-refractivity contribution in [1.82, 2.24) is 10.2 Å². The summed E-state index contributed by atoms with van der Waals surface area (Å²) in [6.07, 6.45) is 4.54. The lowest BCUT2D eigenvalue weighted by Crippen LogP contribution is -2.44. The molecule has 1 aliphatic heterocycles. The van der Waals surface area contributed by atoms with Crippen LogP contribution in [0.25, 0.3) is 0 Å². The van der Waals surface area contributed by atoms with Gasteiger partial charge in [0.2, 0.25) is 5.78 Å². The van der Waals surface area contributed by atoms with Gasteiger partial charge in [0.15, 0.2) is 5.76 Å². The van der Waals surface area contributed by atoms with E-state index < -0.39 is 11.6 Å². The first-order valence-electron chi connectivity index (χ1n) is 6.33. The Hall–Kier alpha value is -2.11. The molecule has 1 saturated heterocycles. The minimum atomic E-state index is -0.763. The summed E-state index contributed by atoms with van der Waals surface area (Å²) in [5.41, 5.74) is -0.763. The summed E-state index contributed by atoms with van der Waals surface area (Å²) in [6, 6.07) is 2.63. The van der Waals surface area contributed by atoms with E-state index in [1.165, 1.54) is 12.3 Å². The lowest BCUT2D eigenvalue weighted by Gasteiger charge is -2.19. The van der Waals surface area contributed by atoms with Gasteiger partial charge in [-0.3, -0.25) is 14.5 Å². The summed E-state index contributed by atoms with van der Waals surface area (Å²) in [6.45, 7) is -0.264. The Bertz CT molecular complexity index is 529. The maximum atomic E-state index is 12.3. The van der Waals surface area contributed by atoms with Crippen molar-refractivity contribution in [2.75, 3.05) is 6.54 Å². The van der Waals surface area contributed by atoms with Crippen LogP contribution in [0.3, 0.4) is 0 Å². The summed E-state index contributed by atoms with van der Waals surface area (Å²) in [7, 11) is 0. The van der Waals surface area contributed by atoms with E-state index in [2.05, 4.69) is 5.32 Å². The highest BCUT2D eigenvalue weighted by Crippen LogP contribution is 2.34. The molecule has 1 spiro atoms. The quantitative estimate of drug-likeness (QED) is 0.658. The number of nitrogens with zero attached hydrogens (tertiary/aromatic N) is 1. The second kappa shape index (κ2) is 4.22. The minimum Gasteiger partial charge on any atom is -0.461 e. The lowest BCUT2D eigenvalue weighted by molar-refractivity contribution is -0.130. The molecule has 0 radical (unpaired) electrons. The molecule has 1 aromatic rings. The highest BCUT2D eigenvalue weighted by Gasteiger charge is 2.52. The van der Waals surface area contributed by atoms with E-state index in [-0.39, 0.29) is 24.0 Å². The molecular formula is C13H14N2O4. The molecule has 6 heteroatoms. The van der Waals surface area contributed by atoms with Gasteiger partial charge < -0.3 is 9.73 Å². The van der Waals surface area contributed by atoms with Crippen LogP contribution in [0.2, 0.25) is 0 Å². The molecule has 1 aromatic heterocycles. The molecule has 0 bridgehead atoms. The number of hydrogen-bond acceptors (Lipinski definition) is 4. The van der Waals surface area contributed by atoms with E-state index in [0.717, 1.165) is 17.7 Å². The van der Waals surface area contributed by atoms with Crippen molar-refractivity contribution in [3.05, 3.63) is 24.2 Å². The van der Waals surface area contributed by atoms with Crippen LogP contribution in [0.1, 0.15) is 36.2 Å². The van der Waals surface area contributed by atoms with E-state index in [4.69, 9.17) is 4.42 Å². The Labute approximate surface area is 109 Å². The number of hydrogen-bond donors (Lipinski definition) is 1. The largest absolute Gasteiger partial charge is 0.461 e. The number of ketones is 1. The highest BCUT2D eigenvalue weighted by atomic mass is 16.3. The van der Waals surface area contributed by atoms with Gasteiger partial charge in [0.25, 0.3) is 5.91 Å². The zero-order chi connectivity index (χ0) is 13.5. The normalized spacial score (nSPS) is 21.2. The molecule has 3 amide bonds. The monoisotopic (exact) mass is 262 g/mol. The Morgan fingerprint density at radius 2 is 2.11 bits per heavy atom. The van der Waals surface area contributed by atoms with Crippen molar-refractivity contribution >= 4 is 17.7 Å². The zero-order valence-electron chi connectivity index (χ0n) is 10.3. The van der Waals surface area contributed by atoms with Crippen molar-refractivity contribution in [2.24, 2.45) is 0 Å². The SMILES string of the molecule is O=C(CN1C(=O)NC2(CCCC2)C1=O)c1ccco1. The van der Waals surface area contributed by atoms with Gasteiger partial charge in [-0.15, -0.1) is 0 Å². The molecule has 6 nitrogen and oxygen atoms in total. The fourth-order valence-corrected chi connectivity index (χ4v) is 2.80. The van der Waals surface area contributed by atoms with E-state index >= 15 is 0 Å². The van der Waals surface area contributed by atoms with Crippen molar-refractivity contribution in [3.63, 3.8) is 0 Å². The number of carbonyl (C=O) groups is 3. The van der Waals surface area contributed by atoms with Crippen LogP contribution in [0, 0.1) is 0 Å². The molecule has 100 valence electrons. The van der Waals surface area contributed by atoms with Crippen LogP contribution in [0.5, 0.6) is 0 Å². The molecule has 19 heavy (non-hydrogen) atoms. The Morgan fingerprint density at radius 1 is 1.37 bits per heavy atom. The fraction of sp³-hybridized carbons (Fsp3) is 0.462. The fourth-order valence-electron chi connectivity index (χ4n) is 2.80. The summed E-state index contributed by atoms with van der Waals surface area (Å²) in [5.74, 6) is -0.494. The molecule has 1 saturated carbocycles. The van der Waals surface area contributed by atoms with Crippen molar-refractivity contribution < 1.29 is 18.8 Å². The van der Waals surface area contributed by atoms with E-state index in [1.54, 1.807) is 6.07 Å². The van der Waals surface area contributed by atoms with Gasteiger partial charge in [0.1, 0.15) is 5.54 Å². The molecule has 0 aromatic carbocycles. The average molecular weight is 262 g/mol. The molecule has 1 aliphatic carbocycles. The number of Topliss-reactive ketones (excluding diaryl/α,β-unsaturated/α-hetero) is 1. The maximum absolute atomic E-state index is 12.3. The number of amides is 3. The molecule has 2 fully saturated rings. The maximum Gasteiger partial charge on any atom is 0.325 e. The number of imide groups is 1. The Kier molecular flexibility index (Phi) is 2.66. The van der Waals surface area contributed by atoms with E-state index in [0.29, 0.717) is 12.8 Å². The highest BCUT2D eigenvalue weighted by molar-refractivity contribution is 6.10. The zero-order valence-corrected chi connectivity index (χ0v) is 10.3. The predicted molar refractivity (Wildman–Crippen MR) is 64.5 cm³/mol. The number of rotatable bonds is 3. The van der Waals surface area contributed by atoms with Crippen molar-refractivity contribution in [2.45, 2.75) is 31.2 Å². The first-order valence-corrected chi connectivity index (χ1v) is 6.33. The van der Waals surface area contributed by atoms with Crippen LogP contribution in [-0.2, 0) is 4.79 Å². The topological polar surface area (TPSA) is 79.6 Å². The molecule has 2 aliphatic rings. The molecule has 1 N–H and O–H groups in total. The van der Waals surface area contributed by atoms with E-state index in [9.17, 15) is 14.4 Å². The smallest absolute Gasteiger partial charge is 0.325 e. The van der Waals surface area contributed by atoms with E-state index in [1.807, 2.05) is 0 Å². The standard InChI is InChI=1S/C13H14N2O4/c16-9(10-4-3-7-19-10)8-15-11(17)13(14-12(15)18)5-1-2-6-13/h3-4,7H,1-2,5-6,8H2,(H,14,18). The summed E-state index contributed by atoms with van der Waals surface area (Å²) >= 11 is 0. The first-order chi connectivity index (χ1) is 9.12. The van der Waals surface area contributed by atoms with Gasteiger partial charge in [0, 0.05) is 0 Å². The first kappa shape index (κ1) is 12.0. The third kappa shape index (κ3) is 1.83. The van der Waals surface area contributed by atoms with Gasteiger partial charge in [-0.25, -0.2) is 4.79 Å². The van der Waals surface area contributed by atoms with Crippen molar-refractivity contribution in [1.29, 1.82) is 0 Å². The third-order valence-corrected chi connectivity index (χ3v) is 3.80.